The number of hydrazone groups is 1. The number of nitrogens with zero attached hydrogens (tertiary/aromatic N) is 5. The molecule has 2 aromatic carbocycles. The number of rotatable bonds is 8. The Morgan fingerprint density at radius 2 is 1.76 bits per heavy atom. The zero-order chi connectivity index (χ0) is 23.2. The molecule has 168 valence electrons. The Hall–Kier alpha value is -4.47. The standard InChI is InChI=1S/C23H23N7O3/c1-4-32-18-10-12-19(13-11-18)33-22-20(14-24-27-23-25-21(31)16(3)26-28-23)15(2)29-30(22)17-8-6-5-7-9-17/h5-14H,4H2,1-3H3,(H2,25,27,28,31). The van der Waals surface area contributed by atoms with Gasteiger partial charge in [-0.05, 0) is 57.2 Å². The van der Waals surface area contributed by atoms with E-state index in [0.717, 1.165) is 11.4 Å². The van der Waals surface area contributed by atoms with Gasteiger partial charge in [0.1, 0.15) is 17.2 Å². The van der Waals surface area contributed by atoms with Crippen molar-refractivity contribution in [2.45, 2.75) is 20.8 Å². The lowest BCUT2D eigenvalue weighted by molar-refractivity contribution is 0.339. The van der Waals surface area contributed by atoms with Crippen LogP contribution in [0.25, 0.3) is 5.69 Å². The highest BCUT2D eigenvalue weighted by molar-refractivity contribution is 5.85. The maximum atomic E-state index is 11.7. The number of aromatic amines is 1. The van der Waals surface area contributed by atoms with E-state index in [1.165, 1.54) is 0 Å². The van der Waals surface area contributed by atoms with Crippen molar-refractivity contribution < 1.29 is 9.47 Å². The van der Waals surface area contributed by atoms with Crippen molar-refractivity contribution in [3.63, 3.8) is 0 Å². The zero-order valence-corrected chi connectivity index (χ0v) is 18.4. The van der Waals surface area contributed by atoms with Crippen LogP contribution in [0.2, 0.25) is 0 Å². The van der Waals surface area contributed by atoms with Crippen LogP contribution in [0.5, 0.6) is 17.4 Å². The summed E-state index contributed by atoms with van der Waals surface area (Å²) in [5.41, 5.74) is 4.81. The highest BCUT2D eigenvalue weighted by atomic mass is 16.5. The first kappa shape index (κ1) is 21.8. The predicted octanol–water partition coefficient (Wildman–Crippen LogP) is 3.60. The Morgan fingerprint density at radius 3 is 2.45 bits per heavy atom. The first-order valence-electron chi connectivity index (χ1n) is 10.3. The average molecular weight is 445 g/mol. The molecule has 0 amide bonds. The van der Waals surface area contributed by atoms with Gasteiger partial charge in [0.05, 0.1) is 29.8 Å². The smallest absolute Gasteiger partial charge is 0.274 e. The summed E-state index contributed by atoms with van der Waals surface area (Å²) in [5.74, 6) is 1.99. The van der Waals surface area contributed by atoms with E-state index in [-0.39, 0.29) is 17.2 Å². The average Bonchev–Trinajstić information content (AvgIpc) is 3.13. The molecule has 0 spiro atoms. The van der Waals surface area contributed by atoms with E-state index in [9.17, 15) is 4.79 Å². The molecule has 2 aromatic heterocycles. The molecule has 0 saturated carbocycles. The van der Waals surface area contributed by atoms with Crippen LogP contribution >= 0.6 is 0 Å². The first-order valence-corrected chi connectivity index (χ1v) is 10.3. The van der Waals surface area contributed by atoms with Gasteiger partial charge in [0.2, 0.25) is 11.8 Å². The lowest BCUT2D eigenvalue weighted by Gasteiger charge is -2.11. The molecule has 0 aliphatic heterocycles. The Morgan fingerprint density at radius 1 is 1.03 bits per heavy atom. The lowest BCUT2D eigenvalue weighted by atomic mass is 10.2. The number of anilines is 1. The molecule has 10 heteroatoms. The van der Waals surface area contributed by atoms with Crippen LogP contribution in [-0.2, 0) is 0 Å². The highest BCUT2D eigenvalue weighted by Gasteiger charge is 2.18. The van der Waals surface area contributed by atoms with E-state index >= 15 is 0 Å². The fraction of sp³-hybridized carbons (Fsp3) is 0.174. The van der Waals surface area contributed by atoms with Crippen LogP contribution in [0.3, 0.4) is 0 Å². The molecule has 4 aromatic rings. The topological polar surface area (TPSA) is 119 Å². The minimum Gasteiger partial charge on any atom is -0.494 e. The third kappa shape index (κ3) is 5.06. The fourth-order valence-corrected chi connectivity index (χ4v) is 2.99. The number of H-pyrrole nitrogens is 1. The highest BCUT2D eigenvalue weighted by Crippen LogP contribution is 2.30. The number of ether oxygens (including phenoxy) is 2. The van der Waals surface area contributed by atoms with Gasteiger partial charge >= 0.3 is 0 Å². The minimum atomic E-state index is -0.338. The van der Waals surface area contributed by atoms with E-state index in [4.69, 9.17) is 9.47 Å². The van der Waals surface area contributed by atoms with Crippen LogP contribution < -0.4 is 20.5 Å². The third-order valence-electron chi connectivity index (χ3n) is 4.64. The van der Waals surface area contributed by atoms with Gasteiger partial charge in [-0.25, -0.2) is 5.43 Å². The zero-order valence-electron chi connectivity index (χ0n) is 18.4. The maximum absolute atomic E-state index is 11.7. The molecule has 2 N–H and O–H groups in total. The summed E-state index contributed by atoms with van der Waals surface area (Å²) in [7, 11) is 0. The number of para-hydroxylation sites is 1. The quantitative estimate of drug-likeness (QED) is 0.314. The van der Waals surface area contributed by atoms with Gasteiger partial charge in [-0.1, -0.05) is 18.2 Å². The van der Waals surface area contributed by atoms with Gasteiger partial charge in [0.25, 0.3) is 5.56 Å². The summed E-state index contributed by atoms with van der Waals surface area (Å²) >= 11 is 0. The fourth-order valence-electron chi connectivity index (χ4n) is 2.99. The number of hydrogen-bond donors (Lipinski definition) is 2. The Bertz CT molecular complexity index is 1310. The second kappa shape index (κ2) is 9.77. The van der Waals surface area contributed by atoms with Gasteiger partial charge in [-0.3, -0.25) is 9.78 Å². The van der Waals surface area contributed by atoms with Crippen molar-refractivity contribution in [1.82, 2.24) is 25.0 Å². The number of aryl methyl sites for hydroxylation is 2. The van der Waals surface area contributed by atoms with Gasteiger partial charge in [-0.15, -0.1) is 10.2 Å². The van der Waals surface area contributed by atoms with Crippen molar-refractivity contribution in [1.29, 1.82) is 0 Å². The molecule has 0 fully saturated rings. The monoisotopic (exact) mass is 445 g/mol. The number of nitrogens with one attached hydrogen (secondary N) is 2. The largest absolute Gasteiger partial charge is 0.494 e. The van der Waals surface area contributed by atoms with Crippen molar-refractivity contribution in [2.24, 2.45) is 5.10 Å². The summed E-state index contributed by atoms with van der Waals surface area (Å²) in [4.78, 5) is 14.3. The SMILES string of the molecule is CCOc1ccc(Oc2c(C=NNc3nnc(C)c(=O)[nH]3)c(C)nn2-c2ccccc2)cc1. The Balaban J connectivity index is 1.67. The summed E-state index contributed by atoms with van der Waals surface area (Å²) in [6.45, 7) is 5.96. The van der Waals surface area contributed by atoms with Crippen molar-refractivity contribution in [2.75, 3.05) is 12.0 Å². The van der Waals surface area contributed by atoms with E-state index < -0.39 is 0 Å². The van der Waals surface area contributed by atoms with Crippen LogP contribution in [0.1, 0.15) is 23.9 Å². The van der Waals surface area contributed by atoms with Crippen molar-refractivity contribution >= 4 is 12.2 Å². The molecular formula is C23H23N7O3. The van der Waals surface area contributed by atoms with Crippen LogP contribution in [0, 0.1) is 13.8 Å². The van der Waals surface area contributed by atoms with Crippen molar-refractivity contribution in [3.8, 4) is 23.1 Å². The van der Waals surface area contributed by atoms with Gasteiger partial charge in [0.15, 0.2) is 0 Å². The molecule has 4 rings (SSSR count). The summed E-state index contributed by atoms with van der Waals surface area (Å²) in [5, 5.41) is 16.5. The predicted molar refractivity (Wildman–Crippen MR) is 125 cm³/mol. The minimum absolute atomic E-state index is 0.129. The molecule has 0 unspecified atom stereocenters. The molecule has 0 atom stereocenters. The molecule has 0 radical (unpaired) electrons. The van der Waals surface area contributed by atoms with E-state index in [1.807, 2.05) is 68.4 Å². The first-order chi connectivity index (χ1) is 16.0. The van der Waals surface area contributed by atoms with E-state index in [1.54, 1.807) is 17.8 Å². The van der Waals surface area contributed by atoms with E-state index in [0.29, 0.717) is 29.5 Å². The van der Waals surface area contributed by atoms with Gasteiger partial charge < -0.3 is 9.47 Å². The van der Waals surface area contributed by atoms with Gasteiger partial charge in [0, 0.05) is 0 Å². The number of benzene rings is 2. The summed E-state index contributed by atoms with van der Waals surface area (Å²) in [6.07, 6.45) is 1.56. The normalized spacial score (nSPS) is 11.0. The molecule has 33 heavy (non-hydrogen) atoms. The van der Waals surface area contributed by atoms with Crippen LogP contribution in [0.15, 0.2) is 64.5 Å². The third-order valence-corrected chi connectivity index (χ3v) is 4.64. The number of hydrogen-bond acceptors (Lipinski definition) is 8. The van der Waals surface area contributed by atoms with E-state index in [2.05, 4.69) is 30.8 Å². The van der Waals surface area contributed by atoms with Crippen LogP contribution in [0.4, 0.5) is 5.95 Å². The van der Waals surface area contributed by atoms with Crippen molar-refractivity contribution in [3.05, 3.63) is 81.9 Å². The summed E-state index contributed by atoms with van der Waals surface area (Å²) in [6, 6.07) is 17.0. The van der Waals surface area contributed by atoms with Crippen LogP contribution in [-0.4, -0.2) is 37.8 Å². The molecule has 0 saturated heterocycles. The molecular weight excluding hydrogens is 422 g/mol. The van der Waals surface area contributed by atoms with Gasteiger partial charge in [-0.2, -0.15) is 14.9 Å². The Labute approximate surface area is 189 Å². The second-order valence-corrected chi connectivity index (χ2v) is 7.02. The molecule has 0 bridgehead atoms. The Kier molecular flexibility index (Phi) is 6.44. The lowest BCUT2D eigenvalue weighted by Crippen LogP contribution is -2.15. The molecule has 0 aliphatic rings. The maximum Gasteiger partial charge on any atom is 0.274 e. The molecule has 10 nitrogen and oxygen atoms in total. The summed E-state index contributed by atoms with van der Waals surface area (Å²) < 4.78 is 13.4. The number of aromatic nitrogens is 5. The molecule has 2 heterocycles. The second-order valence-electron chi connectivity index (χ2n) is 7.02. The molecule has 0 aliphatic carbocycles.